The number of pyridine rings is 1. The minimum atomic E-state index is -4.61. The summed E-state index contributed by atoms with van der Waals surface area (Å²) in [6.07, 6.45) is -8.05. The fourth-order valence-corrected chi connectivity index (χ4v) is 3.07. The van der Waals surface area contributed by atoms with E-state index in [-0.39, 0.29) is 22.0 Å². The Morgan fingerprint density at radius 1 is 1.10 bits per heavy atom. The van der Waals surface area contributed by atoms with Gasteiger partial charge in [0.05, 0.1) is 5.75 Å². The molecule has 1 aromatic carbocycles. The number of amidine groups is 1. The van der Waals surface area contributed by atoms with Crippen LogP contribution in [0.1, 0.15) is 16.8 Å². The lowest BCUT2D eigenvalue weighted by Crippen LogP contribution is -2.23. The number of aliphatic imine (C=N–C) groups is 1. The molecule has 0 aliphatic rings. The van der Waals surface area contributed by atoms with Gasteiger partial charge in [0.2, 0.25) is 0 Å². The smallest absolute Gasteiger partial charge is 0.362 e. The molecule has 0 aliphatic carbocycles. The Hall–Kier alpha value is -2.30. The molecule has 0 spiro atoms. The Balaban J connectivity index is 2.44. The number of nitrogens with zero attached hydrogens (tertiary/aromatic N) is 3. The zero-order chi connectivity index (χ0) is 22.0. The molecule has 0 saturated heterocycles. The average Bonchev–Trinajstić information content (AvgIpc) is 2.58. The molecule has 0 N–H and O–H groups in total. The summed E-state index contributed by atoms with van der Waals surface area (Å²) in [5.74, 6) is -1.81. The Kier molecular flexibility index (Phi) is 6.82. The third kappa shape index (κ3) is 6.34. The lowest BCUT2D eigenvalue weighted by molar-refractivity contribution is -0.141. The van der Waals surface area contributed by atoms with Crippen molar-refractivity contribution in [3.05, 3.63) is 53.1 Å². The van der Waals surface area contributed by atoms with Crippen LogP contribution in [0.25, 0.3) is 0 Å². The molecule has 0 aliphatic heterocycles. The van der Waals surface area contributed by atoms with Crippen LogP contribution < -0.4 is 0 Å². The standard InChI is InChI=1S/C18H16F7N3S/c1-10-6-12(19)13(7-14(10)29-9-17(20,21)22)27-16(28(2)3)11-4-5-15(26-8-11)18(23,24)25/h4-8H,9H2,1-3H3/b27-16+. The SMILES string of the molecule is Cc1cc(F)c(/N=C(\c2ccc(C(F)(F)F)nc2)N(C)C)cc1SCC(F)(F)F. The molecule has 1 aromatic heterocycles. The van der Waals surface area contributed by atoms with Gasteiger partial charge in [-0.2, -0.15) is 26.3 Å². The second-order valence-corrected chi connectivity index (χ2v) is 7.25. The predicted molar refractivity (Wildman–Crippen MR) is 97.0 cm³/mol. The molecule has 0 saturated carbocycles. The number of thioether (sulfide) groups is 1. The van der Waals surface area contributed by atoms with Crippen molar-refractivity contribution in [2.24, 2.45) is 4.99 Å². The van der Waals surface area contributed by atoms with Crippen molar-refractivity contribution in [2.75, 3.05) is 19.8 Å². The molecule has 0 amide bonds. The molecule has 1 heterocycles. The number of halogens is 7. The summed E-state index contributed by atoms with van der Waals surface area (Å²) in [7, 11) is 3.09. The number of hydrogen-bond acceptors (Lipinski definition) is 3. The molecule has 0 fully saturated rings. The van der Waals surface area contributed by atoms with Gasteiger partial charge in [0.25, 0.3) is 0 Å². The van der Waals surface area contributed by atoms with Gasteiger partial charge in [-0.25, -0.2) is 9.38 Å². The summed E-state index contributed by atoms with van der Waals surface area (Å²) in [6.45, 7) is 1.47. The van der Waals surface area contributed by atoms with E-state index in [0.29, 0.717) is 17.3 Å². The minimum absolute atomic E-state index is 0.0979. The molecule has 2 aromatic rings. The van der Waals surface area contributed by atoms with Crippen molar-refractivity contribution in [2.45, 2.75) is 24.2 Å². The molecular formula is C18H16F7N3S. The summed E-state index contributed by atoms with van der Waals surface area (Å²) in [6, 6.07) is 4.16. The van der Waals surface area contributed by atoms with Crippen LogP contribution in [0.5, 0.6) is 0 Å². The lowest BCUT2D eigenvalue weighted by atomic mass is 10.2. The average molecular weight is 439 g/mol. The van der Waals surface area contributed by atoms with Crippen LogP contribution in [0.3, 0.4) is 0 Å². The van der Waals surface area contributed by atoms with Crippen LogP contribution in [0.2, 0.25) is 0 Å². The van der Waals surface area contributed by atoms with Crippen molar-refractivity contribution in [1.82, 2.24) is 9.88 Å². The zero-order valence-electron chi connectivity index (χ0n) is 15.5. The normalized spacial score (nSPS) is 13.0. The monoisotopic (exact) mass is 439 g/mol. The van der Waals surface area contributed by atoms with Crippen molar-refractivity contribution < 1.29 is 30.7 Å². The highest BCUT2D eigenvalue weighted by Crippen LogP contribution is 2.34. The first-order valence-corrected chi connectivity index (χ1v) is 9.06. The maximum absolute atomic E-state index is 14.3. The van der Waals surface area contributed by atoms with Gasteiger partial charge in [0.15, 0.2) is 0 Å². The quantitative estimate of drug-likeness (QED) is 0.259. The molecular weight excluding hydrogens is 423 g/mol. The van der Waals surface area contributed by atoms with Gasteiger partial charge in [0.1, 0.15) is 23.0 Å². The predicted octanol–water partition coefficient (Wildman–Crippen LogP) is 5.84. The Labute approximate surface area is 166 Å². The van der Waals surface area contributed by atoms with Gasteiger partial charge < -0.3 is 4.90 Å². The first-order valence-electron chi connectivity index (χ1n) is 8.07. The Morgan fingerprint density at radius 3 is 2.24 bits per heavy atom. The van der Waals surface area contributed by atoms with Crippen LogP contribution in [0.15, 0.2) is 40.4 Å². The number of hydrogen-bond donors (Lipinski definition) is 0. The number of rotatable bonds is 4. The van der Waals surface area contributed by atoms with Gasteiger partial charge in [-0.15, -0.1) is 11.8 Å². The molecule has 3 nitrogen and oxygen atoms in total. The molecule has 11 heteroatoms. The number of alkyl halides is 6. The van der Waals surface area contributed by atoms with Gasteiger partial charge in [0, 0.05) is 30.8 Å². The molecule has 29 heavy (non-hydrogen) atoms. The maximum Gasteiger partial charge on any atom is 0.433 e. The Bertz CT molecular complexity index is 888. The highest BCUT2D eigenvalue weighted by Gasteiger charge is 2.32. The molecule has 158 valence electrons. The molecule has 0 bridgehead atoms. The fourth-order valence-electron chi connectivity index (χ4n) is 2.27. The van der Waals surface area contributed by atoms with E-state index in [2.05, 4.69) is 9.98 Å². The van der Waals surface area contributed by atoms with Crippen molar-refractivity contribution in [3.8, 4) is 0 Å². The lowest BCUT2D eigenvalue weighted by Gasteiger charge is -2.17. The second kappa shape index (κ2) is 8.60. The number of aromatic nitrogens is 1. The van der Waals surface area contributed by atoms with Gasteiger partial charge in [-0.3, -0.25) is 4.98 Å². The van der Waals surface area contributed by atoms with Crippen molar-refractivity contribution in [3.63, 3.8) is 0 Å². The van der Waals surface area contributed by atoms with Crippen molar-refractivity contribution in [1.29, 1.82) is 0 Å². The van der Waals surface area contributed by atoms with E-state index in [0.717, 1.165) is 24.4 Å². The fraction of sp³-hybridized carbons (Fsp3) is 0.333. The zero-order valence-corrected chi connectivity index (χ0v) is 16.3. The number of benzene rings is 1. The van der Waals surface area contributed by atoms with E-state index in [1.54, 1.807) is 14.1 Å². The molecule has 0 radical (unpaired) electrons. The summed E-state index contributed by atoms with van der Waals surface area (Å²) in [5.41, 5.74) is -0.818. The minimum Gasteiger partial charge on any atom is -0.362 e. The number of aryl methyl sites for hydroxylation is 1. The summed E-state index contributed by atoms with van der Waals surface area (Å²) >= 11 is 0.501. The van der Waals surface area contributed by atoms with E-state index < -0.39 is 29.6 Å². The second-order valence-electron chi connectivity index (χ2n) is 6.23. The van der Waals surface area contributed by atoms with Crippen molar-refractivity contribution >= 4 is 23.3 Å². The highest BCUT2D eigenvalue weighted by atomic mass is 32.2. The molecule has 0 atom stereocenters. The van der Waals surface area contributed by atoms with E-state index >= 15 is 0 Å². The third-order valence-electron chi connectivity index (χ3n) is 3.60. The van der Waals surface area contributed by atoms with Gasteiger partial charge >= 0.3 is 12.4 Å². The van der Waals surface area contributed by atoms with E-state index in [9.17, 15) is 30.7 Å². The molecule has 2 rings (SSSR count). The highest BCUT2D eigenvalue weighted by molar-refractivity contribution is 7.99. The summed E-state index contributed by atoms with van der Waals surface area (Å²) in [5, 5.41) is 0. The first kappa shape index (κ1) is 23.0. The van der Waals surface area contributed by atoms with Crippen LogP contribution in [-0.2, 0) is 6.18 Å². The van der Waals surface area contributed by atoms with Gasteiger partial charge in [-0.1, -0.05) is 0 Å². The molecule has 0 unspecified atom stereocenters. The van der Waals surface area contributed by atoms with Crippen LogP contribution in [0.4, 0.5) is 36.4 Å². The maximum atomic E-state index is 14.3. The Morgan fingerprint density at radius 2 is 1.76 bits per heavy atom. The van der Waals surface area contributed by atoms with Gasteiger partial charge in [-0.05, 0) is 36.8 Å². The topological polar surface area (TPSA) is 28.5 Å². The third-order valence-corrected chi connectivity index (χ3v) is 4.82. The van der Waals surface area contributed by atoms with Crippen LogP contribution >= 0.6 is 11.8 Å². The summed E-state index contributed by atoms with van der Waals surface area (Å²) in [4.78, 5) is 9.10. The van der Waals surface area contributed by atoms with E-state index in [1.165, 1.54) is 17.9 Å². The summed E-state index contributed by atoms with van der Waals surface area (Å²) < 4.78 is 89.9. The van der Waals surface area contributed by atoms with E-state index in [1.807, 2.05) is 0 Å². The first-order chi connectivity index (χ1) is 13.3. The largest absolute Gasteiger partial charge is 0.433 e. The van der Waals surface area contributed by atoms with Crippen LogP contribution in [-0.4, -0.2) is 41.7 Å². The van der Waals surface area contributed by atoms with E-state index in [4.69, 9.17) is 0 Å². The van der Waals surface area contributed by atoms with Crippen LogP contribution in [0, 0.1) is 12.7 Å².